The molecule has 2 rings (SSSR count). The zero-order chi connectivity index (χ0) is 19.2. The van der Waals surface area contributed by atoms with Gasteiger partial charge in [0.25, 0.3) is 5.09 Å². The minimum Gasteiger partial charge on any atom is -0.372 e. The summed E-state index contributed by atoms with van der Waals surface area (Å²) in [5, 5.41) is 18.5. The summed E-state index contributed by atoms with van der Waals surface area (Å²) >= 11 is 5.97. The molecule has 1 atom stereocenters. The van der Waals surface area contributed by atoms with E-state index in [1.165, 1.54) is 25.7 Å². The highest BCUT2D eigenvalue weighted by molar-refractivity contribution is 6.30. The number of halogens is 1. The molecule has 0 aliphatic rings. The predicted octanol–water partition coefficient (Wildman–Crippen LogP) is 4.31. The van der Waals surface area contributed by atoms with Gasteiger partial charge in [0.2, 0.25) is 0 Å². The Hall–Kier alpha value is -2.19. The quantitative estimate of drug-likeness (QED) is 0.372. The van der Waals surface area contributed by atoms with Gasteiger partial charge in [0.1, 0.15) is 18.8 Å². The second-order valence-electron chi connectivity index (χ2n) is 5.68. The Morgan fingerprint density at radius 3 is 2.50 bits per heavy atom. The monoisotopic (exact) mass is 384 g/mol. The lowest BCUT2D eigenvalue weighted by Gasteiger charge is -2.18. The zero-order valence-electron chi connectivity index (χ0n) is 14.8. The zero-order valence-corrected chi connectivity index (χ0v) is 15.6. The van der Waals surface area contributed by atoms with E-state index in [-0.39, 0.29) is 6.10 Å². The van der Waals surface area contributed by atoms with E-state index in [0.29, 0.717) is 6.54 Å². The molecule has 8 nitrogen and oxygen atoms in total. The Kier molecular flexibility index (Phi) is 11.0. The maximum absolute atomic E-state index is 8.36. The average molecular weight is 385 g/mol. The molecule has 0 saturated carbocycles. The third-order valence-corrected chi connectivity index (χ3v) is 3.88. The molecule has 0 amide bonds. The summed E-state index contributed by atoms with van der Waals surface area (Å²) in [6.07, 6.45) is 9.42. The van der Waals surface area contributed by atoms with E-state index in [4.69, 9.17) is 31.7 Å². The minimum absolute atomic E-state index is 0.0230. The van der Waals surface area contributed by atoms with Crippen molar-refractivity contribution in [2.75, 3.05) is 6.61 Å². The molecule has 9 heteroatoms. The Balaban J connectivity index is 0.000000765. The summed E-state index contributed by atoms with van der Waals surface area (Å²) in [7, 11) is 0. The Labute approximate surface area is 157 Å². The number of nitrogens with zero attached hydrogens (tertiary/aromatic N) is 4. The van der Waals surface area contributed by atoms with Crippen LogP contribution in [0.25, 0.3) is 0 Å². The number of ether oxygens (including phenoxy) is 1. The van der Waals surface area contributed by atoms with Crippen LogP contribution in [0, 0.1) is 10.1 Å². The van der Waals surface area contributed by atoms with Gasteiger partial charge in [-0.3, -0.25) is 4.68 Å². The average Bonchev–Trinajstić information content (AvgIpc) is 3.10. The summed E-state index contributed by atoms with van der Waals surface area (Å²) in [5.41, 5.74) is 1.12. The number of benzene rings is 1. The van der Waals surface area contributed by atoms with E-state index in [0.717, 1.165) is 23.6 Å². The number of unbranched alkanes of at least 4 members (excludes halogenated alkanes) is 4. The third kappa shape index (κ3) is 9.95. The summed E-state index contributed by atoms with van der Waals surface area (Å²) in [6, 6.07) is 7.83. The highest BCUT2D eigenvalue weighted by Crippen LogP contribution is 2.22. The molecule has 1 N–H and O–H groups in total. The molecular formula is C17H25ClN4O4. The van der Waals surface area contributed by atoms with Crippen molar-refractivity contribution in [3.8, 4) is 0 Å². The van der Waals surface area contributed by atoms with E-state index < -0.39 is 5.09 Å². The van der Waals surface area contributed by atoms with Gasteiger partial charge >= 0.3 is 0 Å². The van der Waals surface area contributed by atoms with Crippen LogP contribution in [-0.4, -0.2) is 31.7 Å². The minimum atomic E-state index is -1.50. The first kappa shape index (κ1) is 21.9. The van der Waals surface area contributed by atoms with Gasteiger partial charge in [-0.25, -0.2) is 4.98 Å². The van der Waals surface area contributed by atoms with Gasteiger partial charge in [0.05, 0.1) is 6.54 Å². The van der Waals surface area contributed by atoms with E-state index in [1.807, 2.05) is 24.3 Å². The van der Waals surface area contributed by atoms with Crippen LogP contribution in [0.3, 0.4) is 0 Å². The standard InChI is InChI=1S/C17H24ClN3O.HNO3/c1-2-3-4-5-6-11-22-17(12-21-14-19-13-20-21)15-7-9-16(18)10-8-15;2-1(3)4/h7-10,13-14,17H,2-6,11-12H2,1H3;(H,2,3,4). The highest BCUT2D eigenvalue weighted by Gasteiger charge is 2.13. The van der Waals surface area contributed by atoms with Crippen LogP contribution >= 0.6 is 11.6 Å². The molecule has 1 heterocycles. The second kappa shape index (κ2) is 13.1. The first-order valence-electron chi connectivity index (χ1n) is 8.55. The SMILES string of the molecule is CCCCCCCOC(Cn1cncn1)c1ccc(Cl)cc1.O=[N+]([O-])O. The van der Waals surface area contributed by atoms with Crippen LogP contribution in [0.2, 0.25) is 5.02 Å². The van der Waals surface area contributed by atoms with E-state index >= 15 is 0 Å². The lowest BCUT2D eigenvalue weighted by Crippen LogP contribution is -2.14. The molecule has 0 spiro atoms. The van der Waals surface area contributed by atoms with E-state index in [1.54, 1.807) is 17.3 Å². The molecule has 0 fully saturated rings. The van der Waals surface area contributed by atoms with Crippen molar-refractivity contribution in [2.24, 2.45) is 0 Å². The molecule has 1 aromatic carbocycles. The number of aromatic nitrogens is 3. The predicted molar refractivity (Wildman–Crippen MR) is 97.7 cm³/mol. The molecule has 0 bridgehead atoms. The van der Waals surface area contributed by atoms with Crippen LogP contribution < -0.4 is 0 Å². The first-order chi connectivity index (χ1) is 12.5. The molecule has 0 aliphatic heterocycles. The first-order valence-corrected chi connectivity index (χ1v) is 8.93. The lowest BCUT2D eigenvalue weighted by atomic mass is 10.1. The smallest absolute Gasteiger partial charge is 0.291 e. The molecule has 1 unspecified atom stereocenters. The van der Waals surface area contributed by atoms with Crippen molar-refractivity contribution < 1.29 is 15.0 Å². The summed E-state index contributed by atoms with van der Waals surface area (Å²) < 4.78 is 7.89. The summed E-state index contributed by atoms with van der Waals surface area (Å²) in [5.74, 6) is 0. The van der Waals surface area contributed by atoms with Gasteiger partial charge < -0.3 is 9.94 Å². The van der Waals surface area contributed by atoms with Crippen molar-refractivity contribution in [1.29, 1.82) is 0 Å². The van der Waals surface area contributed by atoms with Crippen LogP contribution in [0.15, 0.2) is 36.9 Å². The fraction of sp³-hybridized carbons (Fsp3) is 0.529. The van der Waals surface area contributed by atoms with Gasteiger partial charge in [-0.2, -0.15) is 5.10 Å². The largest absolute Gasteiger partial charge is 0.372 e. The van der Waals surface area contributed by atoms with Gasteiger partial charge in [-0.05, 0) is 24.1 Å². The van der Waals surface area contributed by atoms with Crippen molar-refractivity contribution in [3.63, 3.8) is 0 Å². The second-order valence-corrected chi connectivity index (χ2v) is 6.12. The van der Waals surface area contributed by atoms with Crippen LogP contribution in [-0.2, 0) is 11.3 Å². The number of hydrogen-bond donors (Lipinski definition) is 1. The molecule has 26 heavy (non-hydrogen) atoms. The lowest BCUT2D eigenvalue weighted by molar-refractivity contribution is -0.742. The Morgan fingerprint density at radius 2 is 1.92 bits per heavy atom. The van der Waals surface area contributed by atoms with Crippen LogP contribution in [0.5, 0.6) is 0 Å². The Bertz CT molecular complexity index is 604. The van der Waals surface area contributed by atoms with Gasteiger partial charge in [-0.15, -0.1) is 10.1 Å². The fourth-order valence-electron chi connectivity index (χ4n) is 2.36. The van der Waals surface area contributed by atoms with Gasteiger partial charge in [0.15, 0.2) is 0 Å². The van der Waals surface area contributed by atoms with Crippen molar-refractivity contribution in [2.45, 2.75) is 51.7 Å². The third-order valence-electron chi connectivity index (χ3n) is 3.63. The van der Waals surface area contributed by atoms with Gasteiger partial charge in [0, 0.05) is 11.6 Å². The van der Waals surface area contributed by atoms with Crippen molar-refractivity contribution >= 4 is 11.6 Å². The maximum Gasteiger partial charge on any atom is 0.291 e. The Morgan fingerprint density at radius 1 is 1.27 bits per heavy atom. The van der Waals surface area contributed by atoms with Crippen molar-refractivity contribution in [3.05, 3.63) is 57.6 Å². The molecular weight excluding hydrogens is 360 g/mol. The molecule has 0 saturated heterocycles. The number of rotatable bonds is 10. The van der Waals surface area contributed by atoms with E-state index in [2.05, 4.69) is 17.0 Å². The van der Waals surface area contributed by atoms with Crippen molar-refractivity contribution in [1.82, 2.24) is 14.8 Å². The molecule has 2 aromatic rings. The van der Waals surface area contributed by atoms with Crippen LogP contribution in [0.1, 0.15) is 50.7 Å². The number of hydrogen-bond acceptors (Lipinski definition) is 5. The highest BCUT2D eigenvalue weighted by atomic mass is 35.5. The van der Waals surface area contributed by atoms with Crippen LogP contribution in [0.4, 0.5) is 0 Å². The fourth-order valence-corrected chi connectivity index (χ4v) is 2.49. The topological polar surface area (TPSA) is 103 Å². The van der Waals surface area contributed by atoms with Gasteiger partial charge in [-0.1, -0.05) is 56.3 Å². The van der Waals surface area contributed by atoms with E-state index in [9.17, 15) is 0 Å². The normalized spacial score (nSPS) is 11.5. The summed E-state index contributed by atoms with van der Waals surface area (Å²) in [4.78, 5) is 12.3. The summed E-state index contributed by atoms with van der Waals surface area (Å²) in [6.45, 7) is 3.66. The maximum atomic E-state index is 8.36. The molecule has 144 valence electrons. The molecule has 1 aromatic heterocycles. The molecule has 0 aliphatic carbocycles. The molecule has 0 radical (unpaired) electrons.